The van der Waals surface area contributed by atoms with Gasteiger partial charge in [0.1, 0.15) is 5.69 Å². The summed E-state index contributed by atoms with van der Waals surface area (Å²) >= 11 is 0. The molecule has 1 aromatic carbocycles. The lowest BCUT2D eigenvalue weighted by Gasteiger charge is -2.14. The summed E-state index contributed by atoms with van der Waals surface area (Å²) in [6.45, 7) is 6.70. The SMILES string of the molecule is Cc1cc(C(=O)Nc2cccc(C)c2C)nc(NCCC2=CCCCC2)n1. The first kappa shape index (κ1) is 19.1. The fourth-order valence-corrected chi connectivity index (χ4v) is 3.30. The van der Waals surface area contributed by atoms with Crippen molar-refractivity contribution >= 4 is 17.5 Å². The molecule has 0 unspecified atom stereocenters. The quantitative estimate of drug-likeness (QED) is 0.711. The van der Waals surface area contributed by atoms with Gasteiger partial charge >= 0.3 is 0 Å². The van der Waals surface area contributed by atoms with Gasteiger partial charge in [-0.25, -0.2) is 9.97 Å². The minimum atomic E-state index is -0.216. The third-order valence-corrected chi connectivity index (χ3v) is 5.05. The molecule has 1 aliphatic rings. The van der Waals surface area contributed by atoms with E-state index in [4.69, 9.17) is 0 Å². The Bertz CT molecular complexity index is 857. The van der Waals surface area contributed by atoms with Crippen molar-refractivity contribution in [2.24, 2.45) is 0 Å². The minimum absolute atomic E-state index is 0.216. The Labute approximate surface area is 161 Å². The number of aromatic nitrogens is 2. The fraction of sp³-hybridized carbons (Fsp3) is 0.409. The van der Waals surface area contributed by atoms with E-state index in [0.717, 1.165) is 35.5 Å². The maximum Gasteiger partial charge on any atom is 0.274 e. The molecule has 0 radical (unpaired) electrons. The molecule has 1 aromatic heterocycles. The van der Waals surface area contributed by atoms with Crippen LogP contribution in [0.5, 0.6) is 0 Å². The molecular formula is C22H28N4O. The molecule has 2 aromatic rings. The molecule has 1 aliphatic carbocycles. The van der Waals surface area contributed by atoms with Crippen LogP contribution in [0.15, 0.2) is 35.9 Å². The average molecular weight is 364 g/mol. The number of nitrogens with one attached hydrogen (secondary N) is 2. The van der Waals surface area contributed by atoms with E-state index in [1.165, 1.54) is 31.3 Å². The first-order valence-electron chi connectivity index (χ1n) is 9.68. The third kappa shape index (κ3) is 5.16. The molecule has 0 spiro atoms. The van der Waals surface area contributed by atoms with Crippen LogP contribution in [-0.2, 0) is 0 Å². The van der Waals surface area contributed by atoms with Crippen LogP contribution >= 0.6 is 0 Å². The summed E-state index contributed by atoms with van der Waals surface area (Å²) in [5.41, 5.74) is 5.68. The van der Waals surface area contributed by atoms with Crippen LogP contribution < -0.4 is 10.6 Å². The molecule has 142 valence electrons. The number of nitrogens with zero attached hydrogens (tertiary/aromatic N) is 2. The number of anilines is 2. The van der Waals surface area contributed by atoms with Gasteiger partial charge in [0.25, 0.3) is 5.91 Å². The van der Waals surface area contributed by atoms with Crippen molar-refractivity contribution in [3.05, 3.63) is 58.4 Å². The summed E-state index contributed by atoms with van der Waals surface area (Å²) in [5, 5.41) is 6.23. The second-order valence-electron chi connectivity index (χ2n) is 7.20. The van der Waals surface area contributed by atoms with Gasteiger partial charge in [-0.1, -0.05) is 23.8 Å². The van der Waals surface area contributed by atoms with E-state index in [1.807, 2.05) is 39.0 Å². The molecule has 2 N–H and O–H groups in total. The van der Waals surface area contributed by atoms with Crippen LogP contribution in [0.1, 0.15) is 59.4 Å². The van der Waals surface area contributed by atoms with Crippen LogP contribution in [0.3, 0.4) is 0 Å². The molecule has 5 heteroatoms. The zero-order chi connectivity index (χ0) is 19.2. The lowest BCUT2D eigenvalue weighted by atomic mass is 9.97. The van der Waals surface area contributed by atoms with Gasteiger partial charge in [0.15, 0.2) is 0 Å². The summed E-state index contributed by atoms with van der Waals surface area (Å²) < 4.78 is 0. The van der Waals surface area contributed by atoms with E-state index in [1.54, 1.807) is 6.07 Å². The van der Waals surface area contributed by atoms with E-state index in [9.17, 15) is 4.79 Å². The van der Waals surface area contributed by atoms with Gasteiger partial charge in [-0.3, -0.25) is 4.79 Å². The molecule has 3 rings (SSSR count). The number of allylic oxidation sites excluding steroid dienone is 1. The number of rotatable bonds is 6. The van der Waals surface area contributed by atoms with Gasteiger partial charge in [-0.15, -0.1) is 0 Å². The molecule has 0 saturated heterocycles. The highest BCUT2D eigenvalue weighted by Gasteiger charge is 2.13. The topological polar surface area (TPSA) is 66.9 Å². The number of carbonyl (C=O) groups is 1. The van der Waals surface area contributed by atoms with Gasteiger partial charge in [0.05, 0.1) is 0 Å². The van der Waals surface area contributed by atoms with Gasteiger partial charge in [0.2, 0.25) is 5.95 Å². The standard InChI is InChI=1S/C22H28N4O/c1-15-8-7-11-19(17(15)3)25-21(27)20-14-16(2)24-22(26-20)23-13-12-18-9-5-4-6-10-18/h7-9,11,14H,4-6,10,12-13H2,1-3H3,(H,25,27)(H,23,24,26). The van der Waals surface area contributed by atoms with E-state index in [-0.39, 0.29) is 5.91 Å². The zero-order valence-corrected chi connectivity index (χ0v) is 16.4. The first-order chi connectivity index (χ1) is 13.0. The minimum Gasteiger partial charge on any atom is -0.354 e. The molecule has 27 heavy (non-hydrogen) atoms. The van der Waals surface area contributed by atoms with Crippen LogP contribution in [-0.4, -0.2) is 22.4 Å². The Kier molecular flexibility index (Phi) is 6.22. The van der Waals surface area contributed by atoms with Crippen LogP contribution in [0.25, 0.3) is 0 Å². The molecule has 0 saturated carbocycles. The zero-order valence-electron chi connectivity index (χ0n) is 16.4. The van der Waals surface area contributed by atoms with E-state index in [0.29, 0.717) is 11.6 Å². The van der Waals surface area contributed by atoms with Crippen molar-refractivity contribution in [3.63, 3.8) is 0 Å². The monoisotopic (exact) mass is 364 g/mol. The average Bonchev–Trinajstić information content (AvgIpc) is 2.66. The van der Waals surface area contributed by atoms with E-state index in [2.05, 4.69) is 26.7 Å². The second kappa shape index (κ2) is 8.80. The number of hydrogen-bond acceptors (Lipinski definition) is 4. The Balaban J connectivity index is 1.66. The Morgan fingerprint density at radius 2 is 2.00 bits per heavy atom. The van der Waals surface area contributed by atoms with Crippen molar-refractivity contribution < 1.29 is 4.79 Å². The first-order valence-corrected chi connectivity index (χ1v) is 9.68. The Morgan fingerprint density at radius 1 is 1.15 bits per heavy atom. The third-order valence-electron chi connectivity index (χ3n) is 5.05. The molecule has 0 aliphatic heterocycles. The van der Waals surface area contributed by atoms with Crippen LogP contribution in [0.2, 0.25) is 0 Å². The van der Waals surface area contributed by atoms with Gasteiger partial charge in [-0.05, 0) is 76.1 Å². The Morgan fingerprint density at radius 3 is 2.78 bits per heavy atom. The highest BCUT2D eigenvalue weighted by atomic mass is 16.1. The molecule has 0 atom stereocenters. The molecule has 1 amide bonds. The normalized spacial score (nSPS) is 13.8. The predicted molar refractivity (Wildman–Crippen MR) is 110 cm³/mol. The number of hydrogen-bond donors (Lipinski definition) is 2. The molecular weight excluding hydrogens is 336 g/mol. The van der Waals surface area contributed by atoms with E-state index < -0.39 is 0 Å². The van der Waals surface area contributed by atoms with Crippen LogP contribution in [0, 0.1) is 20.8 Å². The number of carbonyl (C=O) groups excluding carboxylic acids is 1. The predicted octanol–water partition coefficient (Wildman–Crippen LogP) is 4.96. The summed E-state index contributed by atoms with van der Waals surface area (Å²) in [6, 6.07) is 7.60. The van der Waals surface area contributed by atoms with Crippen LogP contribution in [0.4, 0.5) is 11.6 Å². The number of aryl methyl sites for hydroxylation is 2. The maximum absolute atomic E-state index is 12.7. The molecule has 5 nitrogen and oxygen atoms in total. The van der Waals surface area contributed by atoms with E-state index >= 15 is 0 Å². The fourth-order valence-electron chi connectivity index (χ4n) is 3.30. The summed E-state index contributed by atoms with van der Waals surface area (Å²) in [7, 11) is 0. The number of benzene rings is 1. The molecule has 0 bridgehead atoms. The highest BCUT2D eigenvalue weighted by molar-refractivity contribution is 6.03. The highest BCUT2D eigenvalue weighted by Crippen LogP contribution is 2.20. The maximum atomic E-state index is 12.7. The molecule has 1 heterocycles. The number of amides is 1. The molecule has 0 fully saturated rings. The smallest absolute Gasteiger partial charge is 0.274 e. The summed E-state index contributed by atoms with van der Waals surface area (Å²) in [6.07, 6.45) is 8.33. The van der Waals surface area contributed by atoms with Gasteiger partial charge < -0.3 is 10.6 Å². The van der Waals surface area contributed by atoms with Gasteiger partial charge in [-0.2, -0.15) is 0 Å². The Hall–Kier alpha value is -2.69. The van der Waals surface area contributed by atoms with Crippen molar-refractivity contribution in [1.29, 1.82) is 0 Å². The lowest BCUT2D eigenvalue weighted by molar-refractivity contribution is 0.102. The van der Waals surface area contributed by atoms with Crippen molar-refractivity contribution in [1.82, 2.24) is 9.97 Å². The largest absolute Gasteiger partial charge is 0.354 e. The summed E-state index contributed by atoms with van der Waals surface area (Å²) in [5.74, 6) is 0.296. The second-order valence-corrected chi connectivity index (χ2v) is 7.20. The van der Waals surface area contributed by atoms with Crippen molar-refractivity contribution in [2.75, 3.05) is 17.2 Å². The summed E-state index contributed by atoms with van der Waals surface area (Å²) in [4.78, 5) is 21.5. The van der Waals surface area contributed by atoms with Crippen molar-refractivity contribution in [2.45, 2.75) is 52.9 Å². The van der Waals surface area contributed by atoms with Gasteiger partial charge in [0, 0.05) is 17.9 Å². The lowest BCUT2D eigenvalue weighted by Crippen LogP contribution is -2.17. The van der Waals surface area contributed by atoms with Crippen molar-refractivity contribution in [3.8, 4) is 0 Å².